The van der Waals surface area contributed by atoms with Gasteiger partial charge in [0.2, 0.25) is 0 Å². The topological polar surface area (TPSA) is 55.8 Å². The number of rotatable bonds is 3. The van der Waals surface area contributed by atoms with Crippen molar-refractivity contribution >= 4 is 5.97 Å². The van der Waals surface area contributed by atoms with E-state index < -0.39 is 5.97 Å². The molecule has 0 atom stereocenters. The largest absolute Gasteiger partial charge is 0.507 e. The van der Waals surface area contributed by atoms with Crippen molar-refractivity contribution in [3.63, 3.8) is 0 Å². The van der Waals surface area contributed by atoms with Crippen molar-refractivity contribution in [1.82, 2.24) is 0 Å². The zero-order valence-corrected chi connectivity index (χ0v) is 10.6. The molecule has 0 fully saturated rings. The second-order valence-electron chi connectivity index (χ2n) is 4.99. The van der Waals surface area contributed by atoms with Crippen LogP contribution in [0.4, 0.5) is 0 Å². The molecule has 0 aromatic heterocycles. The first-order chi connectivity index (χ1) is 7.85. The van der Waals surface area contributed by atoms with Crippen LogP contribution in [-0.4, -0.2) is 24.8 Å². The number of aromatic hydroxyl groups is 1. The van der Waals surface area contributed by atoms with Gasteiger partial charge in [-0.25, -0.2) is 4.79 Å². The molecule has 17 heavy (non-hydrogen) atoms. The maximum atomic E-state index is 11.5. The molecule has 1 rings (SSSR count). The number of methoxy groups -OCH3 is 1. The SMILES string of the molecule is COC(=O)c1c(O)cccc1OCC(C)(C)C. The van der Waals surface area contributed by atoms with Crippen LogP contribution in [0.1, 0.15) is 31.1 Å². The minimum atomic E-state index is -0.605. The highest BCUT2D eigenvalue weighted by Gasteiger charge is 2.20. The van der Waals surface area contributed by atoms with Gasteiger partial charge < -0.3 is 14.6 Å². The van der Waals surface area contributed by atoms with E-state index in [1.165, 1.54) is 13.2 Å². The van der Waals surface area contributed by atoms with Crippen LogP contribution in [0.3, 0.4) is 0 Å². The number of phenols is 1. The van der Waals surface area contributed by atoms with Gasteiger partial charge in [0.15, 0.2) is 0 Å². The van der Waals surface area contributed by atoms with E-state index in [1.54, 1.807) is 12.1 Å². The number of carbonyl (C=O) groups is 1. The zero-order valence-electron chi connectivity index (χ0n) is 10.6. The van der Waals surface area contributed by atoms with Crippen LogP contribution in [0.5, 0.6) is 11.5 Å². The molecule has 0 aliphatic rings. The molecule has 1 N–H and O–H groups in total. The number of hydrogen-bond donors (Lipinski definition) is 1. The summed E-state index contributed by atoms with van der Waals surface area (Å²) < 4.78 is 10.2. The van der Waals surface area contributed by atoms with E-state index in [1.807, 2.05) is 20.8 Å². The summed E-state index contributed by atoms with van der Waals surface area (Å²) in [5.74, 6) is -0.401. The van der Waals surface area contributed by atoms with E-state index >= 15 is 0 Å². The van der Waals surface area contributed by atoms with E-state index in [4.69, 9.17) is 4.74 Å². The van der Waals surface area contributed by atoms with Gasteiger partial charge in [0.1, 0.15) is 17.1 Å². The fraction of sp³-hybridized carbons (Fsp3) is 0.462. The summed E-state index contributed by atoms with van der Waals surface area (Å²) in [7, 11) is 1.27. The fourth-order valence-corrected chi connectivity index (χ4v) is 1.24. The van der Waals surface area contributed by atoms with Crippen molar-refractivity contribution in [1.29, 1.82) is 0 Å². The molecule has 0 aliphatic carbocycles. The van der Waals surface area contributed by atoms with Crippen molar-refractivity contribution in [2.24, 2.45) is 5.41 Å². The van der Waals surface area contributed by atoms with Crippen molar-refractivity contribution in [3.05, 3.63) is 23.8 Å². The average molecular weight is 238 g/mol. The molecular formula is C13H18O4. The molecule has 4 nitrogen and oxygen atoms in total. The van der Waals surface area contributed by atoms with Gasteiger partial charge >= 0.3 is 5.97 Å². The van der Waals surface area contributed by atoms with Crippen LogP contribution >= 0.6 is 0 Å². The maximum Gasteiger partial charge on any atom is 0.345 e. The number of benzene rings is 1. The highest BCUT2D eigenvalue weighted by molar-refractivity contribution is 5.95. The summed E-state index contributed by atoms with van der Waals surface area (Å²) in [6.45, 7) is 6.51. The lowest BCUT2D eigenvalue weighted by atomic mass is 9.98. The summed E-state index contributed by atoms with van der Waals surface area (Å²) in [4.78, 5) is 11.5. The Balaban J connectivity index is 2.99. The van der Waals surface area contributed by atoms with E-state index in [2.05, 4.69) is 4.74 Å². The van der Waals surface area contributed by atoms with Crippen LogP contribution in [0, 0.1) is 5.41 Å². The van der Waals surface area contributed by atoms with Crippen LogP contribution in [0.15, 0.2) is 18.2 Å². The molecule has 0 saturated heterocycles. The minimum Gasteiger partial charge on any atom is -0.507 e. The standard InChI is InChI=1S/C13H18O4/c1-13(2,3)8-17-10-7-5-6-9(14)11(10)12(15)16-4/h5-7,14H,8H2,1-4H3. The van der Waals surface area contributed by atoms with Crippen LogP contribution < -0.4 is 4.74 Å². The van der Waals surface area contributed by atoms with Gasteiger partial charge in [-0.15, -0.1) is 0 Å². The Morgan fingerprint density at radius 2 is 2.00 bits per heavy atom. The van der Waals surface area contributed by atoms with Crippen molar-refractivity contribution < 1.29 is 19.4 Å². The van der Waals surface area contributed by atoms with Crippen LogP contribution in [0.25, 0.3) is 0 Å². The lowest BCUT2D eigenvalue weighted by Crippen LogP contribution is -2.18. The Kier molecular flexibility index (Phi) is 3.99. The summed E-state index contributed by atoms with van der Waals surface area (Å²) in [6, 6.07) is 4.69. The molecule has 1 aromatic rings. The first-order valence-electron chi connectivity index (χ1n) is 5.38. The molecule has 0 bridgehead atoms. The number of phenolic OH excluding ortho intramolecular Hbond substituents is 1. The molecule has 0 heterocycles. The predicted molar refractivity (Wildman–Crippen MR) is 64.4 cm³/mol. The third kappa shape index (κ3) is 3.66. The maximum absolute atomic E-state index is 11.5. The summed E-state index contributed by atoms with van der Waals surface area (Å²) in [6.07, 6.45) is 0. The molecule has 0 radical (unpaired) electrons. The third-order valence-electron chi connectivity index (χ3n) is 2.05. The Bertz CT molecular complexity index is 404. The molecule has 0 spiro atoms. The summed E-state index contributed by atoms with van der Waals surface area (Å²) in [5.41, 5.74) is 0.0398. The number of esters is 1. The zero-order chi connectivity index (χ0) is 13.1. The van der Waals surface area contributed by atoms with Gasteiger partial charge in [0.05, 0.1) is 13.7 Å². The van der Waals surface area contributed by atoms with Gasteiger partial charge in [0, 0.05) is 0 Å². The predicted octanol–water partition coefficient (Wildman–Crippen LogP) is 2.60. The molecule has 1 aromatic carbocycles. The quantitative estimate of drug-likeness (QED) is 0.822. The molecule has 94 valence electrons. The number of hydrogen-bond acceptors (Lipinski definition) is 4. The Labute approximate surface area is 101 Å². The second kappa shape index (κ2) is 5.08. The second-order valence-corrected chi connectivity index (χ2v) is 4.99. The Morgan fingerprint density at radius 3 is 2.53 bits per heavy atom. The third-order valence-corrected chi connectivity index (χ3v) is 2.05. The van der Waals surface area contributed by atoms with Crippen molar-refractivity contribution in [3.8, 4) is 11.5 Å². The van der Waals surface area contributed by atoms with Crippen LogP contribution in [-0.2, 0) is 4.74 Å². The minimum absolute atomic E-state index is 0.0289. The Morgan fingerprint density at radius 1 is 1.35 bits per heavy atom. The first kappa shape index (κ1) is 13.4. The number of carbonyl (C=O) groups excluding carboxylic acids is 1. The van der Waals surface area contributed by atoms with Gasteiger partial charge in [-0.2, -0.15) is 0 Å². The van der Waals surface area contributed by atoms with Gasteiger partial charge in [-0.05, 0) is 17.5 Å². The molecule has 4 heteroatoms. The molecular weight excluding hydrogens is 220 g/mol. The molecule has 0 aliphatic heterocycles. The van der Waals surface area contributed by atoms with Crippen LogP contribution in [0.2, 0.25) is 0 Å². The first-order valence-corrected chi connectivity index (χ1v) is 5.38. The van der Waals surface area contributed by atoms with Gasteiger partial charge in [-0.1, -0.05) is 26.8 Å². The molecule has 0 saturated carbocycles. The lowest BCUT2D eigenvalue weighted by Gasteiger charge is -2.20. The lowest BCUT2D eigenvalue weighted by molar-refractivity contribution is 0.0590. The van der Waals surface area contributed by atoms with Crippen molar-refractivity contribution in [2.45, 2.75) is 20.8 Å². The average Bonchev–Trinajstić information content (AvgIpc) is 2.24. The monoisotopic (exact) mass is 238 g/mol. The number of ether oxygens (including phenoxy) is 2. The fourth-order valence-electron chi connectivity index (χ4n) is 1.24. The Hall–Kier alpha value is -1.71. The smallest absolute Gasteiger partial charge is 0.345 e. The van der Waals surface area contributed by atoms with E-state index in [0.717, 1.165) is 0 Å². The van der Waals surface area contributed by atoms with Gasteiger partial charge in [0.25, 0.3) is 0 Å². The normalized spacial score (nSPS) is 11.1. The molecule has 0 amide bonds. The summed E-state index contributed by atoms with van der Waals surface area (Å²) in [5, 5.41) is 9.64. The van der Waals surface area contributed by atoms with E-state index in [0.29, 0.717) is 12.4 Å². The van der Waals surface area contributed by atoms with Gasteiger partial charge in [-0.3, -0.25) is 0 Å². The summed E-state index contributed by atoms with van der Waals surface area (Å²) >= 11 is 0. The highest BCUT2D eigenvalue weighted by atomic mass is 16.5. The van der Waals surface area contributed by atoms with E-state index in [-0.39, 0.29) is 16.7 Å². The van der Waals surface area contributed by atoms with Crippen molar-refractivity contribution in [2.75, 3.05) is 13.7 Å². The highest BCUT2D eigenvalue weighted by Crippen LogP contribution is 2.29. The van der Waals surface area contributed by atoms with E-state index in [9.17, 15) is 9.90 Å². The molecule has 0 unspecified atom stereocenters.